The minimum atomic E-state index is -0.439. The van der Waals surface area contributed by atoms with Crippen molar-refractivity contribution in [1.29, 1.82) is 0 Å². The molecule has 0 saturated heterocycles. The molecule has 1 aromatic carbocycles. The summed E-state index contributed by atoms with van der Waals surface area (Å²) in [6.45, 7) is 0. The first-order valence-corrected chi connectivity index (χ1v) is 4.43. The second-order valence-electron chi connectivity index (χ2n) is 3.58. The van der Waals surface area contributed by atoms with E-state index in [9.17, 15) is 5.11 Å². The Morgan fingerprint density at radius 1 is 1.46 bits per heavy atom. The van der Waals surface area contributed by atoms with Crippen molar-refractivity contribution in [2.24, 2.45) is 5.84 Å². The van der Waals surface area contributed by atoms with Crippen LogP contribution in [0, 0.1) is 0 Å². The molecule has 0 aromatic heterocycles. The Morgan fingerprint density at radius 3 is 2.77 bits per heavy atom. The lowest BCUT2D eigenvalue weighted by atomic mass is 10.1. The third-order valence-electron chi connectivity index (χ3n) is 2.69. The van der Waals surface area contributed by atoms with Gasteiger partial charge in [-0.15, -0.1) is 0 Å². The smallest absolute Gasteiger partial charge is 0.0964 e. The molecular weight excluding hydrogens is 164 g/mol. The zero-order valence-electron chi connectivity index (χ0n) is 7.64. The lowest BCUT2D eigenvalue weighted by Crippen LogP contribution is -2.40. The number of hydrogen-bond donors (Lipinski definition) is 2. The summed E-state index contributed by atoms with van der Waals surface area (Å²) >= 11 is 0. The van der Waals surface area contributed by atoms with Crippen LogP contribution in [0.4, 0.5) is 0 Å². The molecule has 0 unspecified atom stereocenters. The fourth-order valence-corrected chi connectivity index (χ4v) is 1.92. The Bertz CT molecular complexity index is 312. The van der Waals surface area contributed by atoms with Gasteiger partial charge in [0.25, 0.3) is 0 Å². The summed E-state index contributed by atoms with van der Waals surface area (Å²) < 4.78 is 0. The number of nitrogens with two attached hydrogens (primary N) is 1. The third-order valence-corrected chi connectivity index (χ3v) is 2.69. The molecule has 3 heteroatoms. The van der Waals surface area contributed by atoms with Crippen molar-refractivity contribution >= 4 is 0 Å². The highest BCUT2D eigenvalue weighted by Crippen LogP contribution is 2.32. The number of nitrogens with zero attached hydrogens (tertiary/aromatic N) is 1. The Balaban J connectivity index is 2.32. The second kappa shape index (κ2) is 3.10. The minimum Gasteiger partial charge on any atom is -0.387 e. The predicted molar refractivity (Wildman–Crippen MR) is 50.8 cm³/mol. The normalized spacial score (nSPS) is 26.5. The summed E-state index contributed by atoms with van der Waals surface area (Å²) in [5, 5.41) is 11.5. The summed E-state index contributed by atoms with van der Waals surface area (Å²) in [4.78, 5) is 0. The molecule has 1 aliphatic carbocycles. The van der Waals surface area contributed by atoms with E-state index in [0.717, 1.165) is 12.0 Å². The van der Waals surface area contributed by atoms with Crippen molar-refractivity contribution in [3.8, 4) is 0 Å². The van der Waals surface area contributed by atoms with E-state index in [1.807, 2.05) is 24.3 Å². The van der Waals surface area contributed by atoms with Crippen molar-refractivity contribution in [3.05, 3.63) is 35.4 Å². The van der Waals surface area contributed by atoms with E-state index in [0.29, 0.717) is 0 Å². The SMILES string of the molecule is CN(N)[C@@H]1Cc2ccccc2[C@H]1O. The Hall–Kier alpha value is -0.900. The summed E-state index contributed by atoms with van der Waals surface area (Å²) in [6, 6.07) is 7.97. The number of benzene rings is 1. The van der Waals surface area contributed by atoms with E-state index in [2.05, 4.69) is 0 Å². The van der Waals surface area contributed by atoms with Crippen molar-refractivity contribution in [3.63, 3.8) is 0 Å². The van der Waals surface area contributed by atoms with Crippen LogP contribution >= 0.6 is 0 Å². The summed E-state index contributed by atoms with van der Waals surface area (Å²) in [5.74, 6) is 5.64. The first-order chi connectivity index (χ1) is 6.20. The average molecular weight is 178 g/mol. The van der Waals surface area contributed by atoms with Gasteiger partial charge in [0.05, 0.1) is 12.1 Å². The maximum Gasteiger partial charge on any atom is 0.0964 e. The Kier molecular flexibility index (Phi) is 2.07. The van der Waals surface area contributed by atoms with Crippen LogP contribution in [0.25, 0.3) is 0 Å². The van der Waals surface area contributed by atoms with Gasteiger partial charge >= 0.3 is 0 Å². The maximum atomic E-state index is 9.89. The van der Waals surface area contributed by atoms with Crippen molar-refractivity contribution in [2.75, 3.05) is 7.05 Å². The average Bonchev–Trinajstić information content (AvgIpc) is 2.45. The Labute approximate surface area is 77.7 Å². The van der Waals surface area contributed by atoms with Crippen LogP contribution in [-0.2, 0) is 6.42 Å². The fraction of sp³-hybridized carbons (Fsp3) is 0.400. The first-order valence-electron chi connectivity index (χ1n) is 4.43. The fourth-order valence-electron chi connectivity index (χ4n) is 1.92. The summed E-state index contributed by atoms with van der Waals surface area (Å²) in [5.41, 5.74) is 2.22. The molecule has 0 amide bonds. The zero-order valence-corrected chi connectivity index (χ0v) is 7.64. The number of rotatable bonds is 1. The molecular formula is C10H14N2O. The maximum absolute atomic E-state index is 9.89. The van der Waals surface area contributed by atoms with Gasteiger partial charge in [-0.05, 0) is 17.5 Å². The van der Waals surface area contributed by atoms with Crippen LogP contribution in [0.1, 0.15) is 17.2 Å². The van der Waals surface area contributed by atoms with Crippen molar-refractivity contribution in [2.45, 2.75) is 18.6 Å². The number of fused-ring (bicyclic) bond motifs is 1. The van der Waals surface area contributed by atoms with Gasteiger partial charge in [-0.25, -0.2) is 5.01 Å². The van der Waals surface area contributed by atoms with Crippen LogP contribution in [0.3, 0.4) is 0 Å². The highest BCUT2D eigenvalue weighted by molar-refractivity contribution is 5.35. The molecule has 13 heavy (non-hydrogen) atoms. The van der Waals surface area contributed by atoms with Gasteiger partial charge in [0, 0.05) is 7.05 Å². The molecule has 3 nitrogen and oxygen atoms in total. The second-order valence-corrected chi connectivity index (χ2v) is 3.58. The van der Waals surface area contributed by atoms with E-state index >= 15 is 0 Å². The molecule has 0 radical (unpaired) electrons. The van der Waals surface area contributed by atoms with E-state index in [1.165, 1.54) is 5.56 Å². The zero-order chi connectivity index (χ0) is 9.42. The van der Waals surface area contributed by atoms with Gasteiger partial charge in [-0.2, -0.15) is 0 Å². The van der Waals surface area contributed by atoms with Crippen molar-refractivity contribution in [1.82, 2.24) is 5.01 Å². The van der Waals surface area contributed by atoms with Crippen molar-refractivity contribution < 1.29 is 5.11 Å². The van der Waals surface area contributed by atoms with Crippen LogP contribution < -0.4 is 5.84 Å². The minimum absolute atomic E-state index is 0.0254. The number of aliphatic hydroxyl groups excluding tert-OH is 1. The lowest BCUT2D eigenvalue weighted by molar-refractivity contribution is 0.0764. The van der Waals surface area contributed by atoms with Gasteiger partial charge in [0.1, 0.15) is 0 Å². The highest BCUT2D eigenvalue weighted by atomic mass is 16.3. The molecule has 1 aliphatic rings. The molecule has 2 atom stereocenters. The quantitative estimate of drug-likeness (QED) is 0.485. The summed E-state index contributed by atoms with van der Waals surface area (Å²) in [6.07, 6.45) is 0.399. The molecule has 2 rings (SSSR count). The van der Waals surface area contributed by atoms with Gasteiger partial charge in [0.15, 0.2) is 0 Å². The molecule has 0 fully saturated rings. The van der Waals surface area contributed by atoms with Crippen LogP contribution in [0.15, 0.2) is 24.3 Å². The predicted octanol–water partition coefficient (Wildman–Crippen LogP) is 0.450. The number of hydrazine groups is 1. The van der Waals surface area contributed by atoms with E-state index in [4.69, 9.17) is 5.84 Å². The summed E-state index contributed by atoms with van der Waals surface area (Å²) in [7, 11) is 1.79. The number of aliphatic hydroxyl groups is 1. The molecule has 0 heterocycles. The first kappa shape index (κ1) is 8.69. The van der Waals surface area contributed by atoms with Gasteiger partial charge in [-0.1, -0.05) is 24.3 Å². The Morgan fingerprint density at radius 2 is 2.15 bits per heavy atom. The number of hydrogen-bond acceptors (Lipinski definition) is 3. The molecule has 0 spiro atoms. The largest absolute Gasteiger partial charge is 0.387 e. The molecule has 70 valence electrons. The van der Waals surface area contributed by atoms with Crippen LogP contribution in [-0.4, -0.2) is 23.2 Å². The monoisotopic (exact) mass is 178 g/mol. The molecule has 3 N–H and O–H groups in total. The topological polar surface area (TPSA) is 49.5 Å². The van der Waals surface area contributed by atoms with Crippen LogP contribution in [0.5, 0.6) is 0 Å². The molecule has 0 bridgehead atoms. The third kappa shape index (κ3) is 1.35. The molecule has 0 saturated carbocycles. The molecule has 1 aromatic rings. The van der Waals surface area contributed by atoms with E-state index in [-0.39, 0.29) is 6.04 Å². The standard InChI is InChI=1S/C10H14N2O/c1-12(11)9-6-7-4-2-3-5-8(7)10(9)13/h2-5,9-10,13H,6,11H2,1H3/t9-,10-/m1/s1. The van der Waals surface area contributed by atoms with Crippen LogP contribution in [0.2, 0.25) is 0 Å². The van der Waals surface area contributed by atoms with Gasteiger partial charge < -0.3 is 5.11 Å². The number of likely N-dealkylation sites (N-methyl/N-ethyl adjacent to an activating group) is 1. The van der Waals surface area contributed by atoms with E-state index in [1.54, 1.807) is 12.1 Å². The lowest BCUT2D eigenvalue weighted by Gasteiger charge is -2.21. The van der Waals surface area contributed by atoms with E-state index < -0.39 is 6.10 Å². The van der Waals surface area contributed by atoms with Gasteiger partial charge in [-0.3, -0.25) is 5.84 Å². The molecule has 0 aliphatic heterocycles. The highest BCUT2D eigenvalue weighted by Gasteiger charge is 2.32. The van der Waals surface area contributed by atoms with Gasteiger partial charge in [0.2, 0.25) is 0 Å².